The molecule has 1 amide bonds. The van der Waals surface area contributed by atoms with Crippen molar-refractivity contribution in [2.45, 2.75) is 108 Å². The van der Waals surface area contributed by atoms with Gasteiger partial charge in [0.1, 0.15) is 5.60 Å². The molecular formula is C22H42N4O2. The average Bonchev–Trinajstić information content (AvgIpc) is 2.63. The van der Waals surface area contributed by atoms with Crippen molar-refractivity contribution < 1.29 is 9.53 Å². The van der Waals surface area contributed by atoms with Crippen LogP contribution in [0.1, 0.15) is 79.1 Å². The van der Waals surface area contributed by atoms with E-state index in [0.29, 0.717) is 18.1 Å². The molecule has 1 saturated carbocycles. The van der Waals surface area contributed by atoms with E-state index in [9.17, 15) is 4.79 Å². The van der Waals surface area contributed by atoms with Crippen LogP contribution in [0.2, 0.25) is 0 Å². The molecule has 2 aliphatic heterocycles. The van der Waals surface area contributed by atoms with E-state index in [-0.39, 0.29) is 11.6 Å². The van der Waals surface area contributed by atoms with Gasteiger partial charge in [0, 0.05) is 49.8 Å². The number of hydrogen-bond donors (Lipinski definition) is 2. The average molecular weight is 395 g/mol. The van der Waals surface area contributed by atoms with Crippen LogP contribution in [-0.4, -0.2) is 71.3 Å². The number of carbonyl (C=O) groups is 1. The highest BCUT2D eigenvalue weighted by molar-refractivity contribution is 5.68. The Kier molecular flexibility index (Phi) is 6.93. The second-order valence-electron chi connectivity index (χ2n) is 10.4. The van der Waals surface area contributed by atoms with E-state index in [2.05, 4.69) is 17.1 Å². The van der Waals surface area contributed by atoms with Crippen LogP contribution in [-0.2, 0) is 4.74 Å². The fourth-order valence-corrected chi connectivity index (χ4v) is 5.07. The number of nitrogens with zero attached hydrogens (tertiary/aromatic N) is 2. The number of carbonyl (C=O) groups excluding carboxylic acids is 1. The normalized spacial score (nSPS) is 30.2. The Hall–Kier alpha value is -0.850. The van der Waals surface area contributed by atoms with Gasteiger partial charge in [0.15, 0.2) is 0 Å². The number of likely N-dealkylation sites (tertiary alicyclic amines) is 2. The minimum absolute atomic E-state index is 0.165. The Labute approximate surface area is 171 Å². The van der Waals surface area contributed by atoms with Crippen molar-refractivity contribution in [2.24, 2.45) is 5.73 Å². The molecule has 2 saturated heterocycles. The van der Waals surface area contributed by atoms with Crippen LogP contribution in [0.3, 0.4) is 0 Å². The van der Waals surface area contributed by atoms with Crippen molar-refractivity contribution in [3.8, 4) is 0 Å². The van der Waals surface area contributed by atoms with E-state index < -0.39 is 5.60 Å². The predicted molar refractivity (Wildman–Crippen MR) is 113 cm³/mol. The molecule has 3 N–H and O–H groups in total. The van der Waals surface area contributed by atoms with Gasteiger partial charge in [-0.25, -0.2) is 4.79 Å². The number of nitrogens with two attached hydrogens (primary N) is 1. The topological polar surface area (TPSA) is 70.8 Å². The highest BCUT2D eigenvalue weighted by Gasteiger charge is 2.39. The Morgan fingerprint density at radius 2 is 1.64 bits per heavy atom. The minimum Gasteiger partial charge on any atom is -0.444 e. The smallest absolute Gasteiger partial charge is 0.410 e. The van der Waals surface area contributed by atoms with E-state index in [1.54, 1.807) is 0 Å². The lowest BCUT2D eigenvalue weighted by molar-refractivity contribution is -0.00912. The van der Waals surface area contributed by atoms with Crippen LogP contribution in [0, 0.1) is 0 Å². The number of hydrogen-bond acceptors (Lipinski definition) is 5. The molecule has 0 radical (unpaired) electrons. The van der Waals surface area contributed by atoms with Crippen LogP contribution in [0.25, 0.3) is 0 Å². The lowest BCUT2D eigenvalue weighted by atomic mass is 9.85. The third-order valence-electron chi connectivity index (χ3n) is 7.02. The van der Waals surface area contributed by atoms with Crippen LogP contribution >= 0.6 is 0 Å². The van der Waals surface area contributed by atoms with Gasteiger partial charge < -0.3 is 20.7 Å². The molecular weight excluding hydrogens is 352 g/mol. The zero-order valence-electron chi connectivity index (χ0n) is 18.5. The molecule has 0 bridgehead atoms. The lowest BCUT2D eigenvalue weighted by Crippen LogP contribution is -2.59. The quantitative estimate of drug-likeness (QED) is 0.770. The van der Waals surface area contributed by atoms with Crippen LogP contribution in [0.4, 0.5) is 4.79 Å². The molecule has 3 aliphatic rings. The summed E-state index contributed by atoms with van der Waals surface area (Å²) in [6.45, 7) is 12.0. The van der Waals surface area contributed by atoms with Gasteiger partial charge in [0.05, 0.1) is 0 Å². The number of nitrogens with one attached hydrogen (secondary N) is 1. The summed E-state index contributed by atoms with van der Waals surface area (Å²) in [5.74, 6) is 0. The summed E-state index contributed by atoms with van der Waals surface area (Å²) in [6.07, 6.45) is 9.30. The summed E-state index contributed by atoms with van der Waals surface area (Å²) >= 11 is 0. The zero-order valence-corrected chi connectivity index (χ0v) is 18.5. The van der Waals surface area contributed by atoms with Crippen LogP contribution in [0.5, 0.6) is 0 Å². The first kappa shape index (κ1) is 21.8. The van der Waals surface area contributed by atoms with Gasteiger partial charge in [-0.1, -0.05) is 12.8 Å². The largest absolute Gasteiger partial charge is 0.444 e. The van der Waals surface area contributed by atoms with Gasteiger partial charge in [-0.15, -0.1) is 0 Å². The van der Waals surface area contributed by atoms with Crippen LogP contribution < -0.4 is 11.1 Å². The Morgan fingerprint density at radius 3 is 2.21 bits per heavy atom. The van der Waals surface area contributed by atoms with Crippen molar-refractivity contribution in [3.05, 3.63) is 0 Å². The molecule has 3 fully saturated rings. The second kappa shape index (κ2) is 8.88. The molecule has 0 spiro atoms. The maximum atomic E-state index is 12.3. The molecule has 3 rings (SSSR count). The molecule has 2 atom stereocenters. The van der Waals surface area contributed by atoms with Gasteiger partial charge in [0.2, 0.25) is 0 Å². The van der Waals surface area contributed by atoms with Crippen molar-refractivity contribution >= 4 is 6.09 Å². The third-order valence-corrected chi connectivity index (χ3v) is 7.02. The Morgan fingerprint density at radius 1 is 1.04 bits per heavy atom. The Bertz CT molecular complexity index is 517. The van der Waals surface area contributed by atoms with E-state index in [1.807, 2.05) is 25.7 Å². The first-order valence-electron chi connectivity index (χ1n) is 11.4. The zero-order chi connectivity index (χ0) is 20.4. The molecule has 0 aromatic heterocycles. The Balaban J connectivity index is 1.43. The monoisotopic (exact) mass is 394 g/mol. The fourth-order valence-electron chi connectivity index (χ4n) is 5.07. The molecule has 2 heterocycles. The van der Waals surface area contributed by atoms with E-state index in [4.69, 9.17) is 10.5 Å². The van der Waals surface area contributed by atoms with Gasteiger partial charge in [-0.05, 0) is 66.2 Å². The number of piperidine rings is 2. The molecule has 6 nitrogen and oxygen atoms in total. The minimum atomic E-state index is -0.423. The maximum absolute atomic E-state index is 12.3. The lowest BCUT2D eigenvalue weighted by Gasteiger charge is -2.49. The molecule has 1 aliphatic carbocycles. The molecule has 0 aromatic carbocycles. The first-order valence-corrected chi connectivity index (χ1v) is 11.4. The SMILES string of the molecule is CC(C)(C)OC(=O)N1CCC(C)(N2CCC(N[C@H]3CCCC[C@H]3N)CC2)CC1. The predicted octanol–water partition coefficient (Wildman–Crippen LogP) is 3.10. The summed E-state index contributed by atoms with van der Waals surface area (Å²) in [5.41, 5.74) is 6.10. The summed E-state index contributed by atoms with van der Waals surface area (Å²) in [7, 11) is 0. The highest BCUT2D eigenvalue weighted by Crippen LogP contribution is 2.32. The highest BCUT2D eigenvalue weighted by atomic mass is 16.6. The van der Waals surface area contributed by atoms with Crippen molar-refractivity contribution in [3.63, 3.8) is 0 Å². The summed E-state index contributed by atoms with van der Waals surface area (Å²) in [6, 6.07) is 1.45. The molecule has 6 heteroatoms. The third kappa shape index (κ3) is 5.61. The van der Waals surface area contributed by atoms with Crippen molar-refractivity contribution in [2.75, 3.05) is 26.2 Å². The maximum Gasteiger partial charge on any atom is 0.410 e. The standard InChI is InChI=1S/C22H42N4O2/c1-21(2,3)28-20(27)25-15-11-22(4,12-16-25)26-13-9-17(10-14-26)24-19-8-6-5-7-18(19)23/h17-19,24H,5-16,23H2,1-4H3/t18-,19+/m1/s1. The number of ether oxygens (including phenoxy) is 1. The summed E-state index contributed by atoms with van der Waals surface area (Å²) in [4.78, 5) is 16.9. The van der Waals surface area contributed by atoms with E-state index in [1.165, 1.54) is 38.5 Å². The van der Waals surface area contributed by atoms with Crippen molar-refractivity contribution in [1.29, 1.82) is 0 Å². The van der Waals surface area contributed by atoms with E-state index in [0.717, 1.165) is 39.0 Å². The first-order chi connectivity index (χ1) is 13.2. The molecule has 0 aromatic rings. The van der Waals surface area contributed by atoms with Gasteiger partial charge in [-0.2, -0.15) is 0 Å². The van der Waals surface area contributed by atoms with Gasteiger partial charge in [-0.3, -0.25) is 4.90 Å². The molecule has 28 heavy (non-hydrogen) atoms. The summed E-state index contributed by atoms with van der Waals surface area (Å²) in [5, 5.41) is 3.87. The van der Waals surface area contributed by atoms with Crippen molar-refractivity contribution in [1.82, 2.24) is 15.1 Å². The van der Waals surface area contributed by atoms with E-state index >= 15 is 0 Å². The number of amides is 1. The molecule has 0 unspecified atom stereocenters. The van der Waals surface area contributed by atoms with Gasteiger partial charge >= 0.3 is 6.09 Å². The fraction of sp³-hybridized carbons (Fsp3) is 0.955. The second-order valence-corrected chi connectivity index (χ2v) is 10.4. The number of rotatable bonds is 3. The molecule has 162 valence electrons. The van der Waals surface area contributed by atoms with Crippen LogP contribution in [0.15, 0.2) is 0 Å². The summed E-state index contributed by atoms with van der Waals surface area (Å²) < 4.78 is 5.54. The van der Waals surface area contributed by atoms with Gasteiger partial charge in [0.25, 0.3) is 0 Å².